The summed E-state index contributed by atoms with van der Waals surface area (Å²) in [4.78, 5) is 26.2. The molecule has 2 aromatic carbocycles. The molecular formula is C25H19N5O2S. The Morgan fingerprint density at radius 3 is 2.36 bits per heavy atom. The second-order valence-electron chi connectivity index (χ2n) is 7.48. The second kappa shape index (κ2) is 8.45. The van der Waals surface area contributed by atoms with Crippen LogP contribution in [-0.2, 0) is 4.79 Å². The van der Waals surface area contributed by atoms with Gasteiger partial charge in [0.25, 0.3) is 0 Å². The van der Waals surface area contributed by atoms with Crippen LogP contribution in [0.25, 0.3) is 22.5 Å². The van der Waals surface area contributed by atoms with Crippen LogP contribution in [0.1, 0.15) is 0 Å². The van der Waals surface area contributed by atoms with Crippen molar-refractivity contribution in [1.82, 2.24) is 9.97 Å². The predicted molar refractivity (Wildman–Crippen MR) is 129 cm³/mol. The number of Topliss-reactive ketones (excluding diaryl/α,β-unsaturated/α-hetero) is 1. The summed E-state index contributed by atoms with van der Waals surface area (Å²) in [6, 6.07) is 21.2. The number of fused-ring (bicyclic) bond motifs is 2. The van der Waals surface area contributed by atoms with Crippen molar-refractivity contribution in [1.29, 1.82) is 5.26 Å². The topological polar surface area (TPSA) is 86.3 Å². The lowest BCUT2D eigenvalue weighted by Crippen LogP contribution is -2.26. The van der Waals surface area contributed by atoms with Crippen molar-refractivity contribution in [3.8, 4) is 17.7 Å². The van der Waals surface area contributed by atoms with Crippen LogP contribution in [0.2, 0.25) is 0 Å². The lowest BCUT2D eigenvalue weighted by atomic mass is 10.2. The number of allylic oxidation sites excluding steroid dienone is 1. The summed E-state index contributed by atoms with van der Waals surface area (Å²) in [7, 11) is 3.73. The average Bonchev–Trinajstić information content (AvgIpc) is 3.47. The highest BCUT2D eigenvalue weighted by molar-refractivity contribution is 8.00. The Kier molecular flexibility index (Phi) is 5.32. The number of carbonyl (C=O) groups is 1. The van der Waals surface area contributed by atoms with Crippen molar-refractivity contribution in [2.45, 2.75) is 5.03 Å². The minimum Gasteiger partial charge on any atom is -0.461 e. The molecule has 0 spiro atoms. The van der Waals surface area contributed by atoms with Gasteiger partial charge in [-0.3, -0.25) is 4.79 Å². The fraction of sp³-hybridized carbons (Fsp3) is 0.120. The van der Waals surface area contributed by atoms with Gasteiger partial charge in [-0.25, -0.2) is 9.97 Å². The zero-order valence-corrected chi connectivity index (χ0v) is 18.8. The van der Waals surface area contributed by atoms with E-state index in [9.17, 15) is 10.1 Å². The van der Waals surface area contributed by atoms with E-state index in [-0.39, 0.29) is 17.1 Å². The van der Waals surface area contributed by atoms with E-state index in [4.69, 9.17) is 4.42 Å². The summed E-state index contributed by atoms with van der Waals surface area (Å²) in [6.45, 7) is 0. The van der Waals surface area contributed by atoms with Gasteiger partial charge in [0.2, 0.25) is 0 Å². The van der Waals surface area contributed by atoms with Crippen molar-refractivity contribution >= 4 is 39.8 Å². The zero-order valence-electron chi connectivity index (χ0n) is 18.0. The Balaban J connectivity index is 1.47. The summed E-state index contributed by atoms with van der Waals surface area (Å²) < 4.78 is 5.46. The number of anilines is 2. The number of carbonyl (C=O) groups excluding carboxylic acids is 1. The highest BCUT2D eigenvalue weighted by atomic mass is 32.2. The van der Waals surface area contributed by atoms with Gasteiger partial charge in [0.1, 0.15) is 22.5 Å². The first kappa shape index (κ1) is 20.8. The zero-order chi connectivity index (χ0) is 22.9. The van der Waals surface area contributed by atoms with Gasteiger partial charge in [-0.2, -0.15) is 5.26 Å². The molecule has 0 fully saturated rings. The lowest BCUT2D eigenvalue weighted by Gasteiger charge is -2.19. The number of para-hydroxylation sites is 3. The number of furan rings is 1. The van der Waals surface area contributed by atoms with Crippen molar-refractivity contribution in [2.24, 2.45) is 0 Å². The number of benzene rings is 2. The highest BCUT2D eigenvalue weighted by Gasteiger charge is 2.31. The van der Waals surface area contributed by atoms with E-state index in [1.165, 1.54) is 11.8 Å². The number of hydrogen-bond acceptors (Lipinski definition) is 8. The number of ketones is 1. The molecule has 1 aliphatic rings. The van der Waals surface area contributed by atoms with Gasteiger partial charge in [-0.1, -0.05) is 42.1 Å². The average molecular weight is 454 g/mol. The van der Waals surface area contributed by atoms with E-state index in [1.807, 2.05) is 72.4 Å². The smallest absolute Gasteiger partial charge is 0.197 e. The fourth-order valence-electron chi connectivity index (χ4n) is 3.94. The van der Waals surface area contributed by atoms with Gasteiger partial charge in [0, 0.05) is 19.5 Å². The molecule has 1 aliphatic heterocycles. The summed E-state index contributed by atoms with van der Waals surface area (Å²) in [5.74, 6) is 1.40. The highest BCUT2D eigenvalue weighted by Crippen LogP contribution is 2.40. The Hall–Kier alpha value is -4.09. The van der Waals surface area contributed by atoms with Gasteiger partial charge in [0.05, 0.1) is 28.9 Å². The molecule has 0 unspecified atom stereocenters. The minimum absolute atomic E-state index is 0.0724. The number of nitrogens with zero attached hydrogens (tertiary/aromatic N) is 5. The van der Waals surface area contributed by atoms with Crippen molar-refractivity contribution < 1.29 is 9.21 Å². The van der Waals surface area contributed by atoms with E-state index in [0.717, 1.165) is 22.3 Å². The van der Waals surface area contributed by atoms with Crippen LogP contribution in [0.15, 0.2) is 87.8 Å². The molecule has 0 radical (unpaired) electrons. The maximum atomic E-state index is 13.2. The Bertz CT molecular complexity index is 1410. The molecule has 7 nitrogen and oxygen atoms in total. The summed E-state index contributed by atoms with van der Waals surface area (Å²) in [5.41, 5.74) is 2.79. The van der Waals surface area contributed by atoms with Crippen LogP contribution in [0.4, 0.5) is 11.4 Å². The number of hydrogen-bond donors (Lipinski definition) is 0. The monoisotopic (exact) mass is 453 g/mol. The van der Waals surface area contributed by atoms with E-state index in [1.54, 1.807) is 18.4 Å². The molecule has 0 N–H and O–H groups in total. The van der Waals surface area contributed by atoms with Gasteiger partial charge < -0.3 is 14.2 Å². The van der Waals surface area contributed by atoms with Crippen LogP contribution in [0, 0.1) is 11.3 Å². The third-order valence-corrected chi connectivity index (χ3v) is 6.50. The quantitative estimate of drug-likeness (QED) is 0.183. The molecule has 8 heteroatoms. The molecule has 162 valence electrons. The molecule has 5 rings (SSSR count). The van der Waals surface area contributed by atoms with E-state index < -0.39 is 0 Å². The molecule has 0 atom stereocenters. The van der Waals surface area contributed by atoms with Gasteiger partial charge in [0.15, 0.2) is 17.4 Å². The van der Waals surface area contributed by atoms with E-state index >= 15 is 0 Å². The van der Waals surface area contributed by atoms with Crippen molar-refractivity contribution in [3.05, 3.63) is 78.3 Å². The molecule has 33 heavy (non-hydrogen) atoms. The van der Waals surface area contributed by atoms with Crippen LogP contribution >= 0.6 is 11.8 Å². The van der Waals surface area contributed by atoms with Crippen molar-refractivity contribution in [2.75, 3.05) is 29.6 Å². The van der Waals surface area contributed by atoms with Crippen LogP contribution < -0.4 is 9.80 Å². The van der Waals surface area contributed by atoms with Gasteiger partial charge in [-0.15, -0.1) is 0 Å². The molecule has 0 aliphatic carbocycles. The normalized spacial score (nSPS) is 12.7. The number of rotatable bonds is 5. The SMILES string of the molecule is CN1C(=C(C#N)C(=O)CSc2nc(-c3ccco3)nc3ccccc23)N(C)c2ccccc21. The summed E-state index contributed by atoms with van der Waals surface area (Å²) >= 11 is 1.29. The molecule has 2 aromatic heterocycles. The third kappa shape index (κ3) is 3.62. The Morgan fingerprint density at radius 2 is 1.70 bits per heavy atom. The first-order chi connectivity index (χ1) is 16.1. The number of thioether (sulfide) groups is 1. The molecule has 0 saturated heterocycles. The second-order valence-corrected chi connectivity index (χ2v) is 8.44. The van der Waals surface area contributed by atoms with E-state index in [0.29, 0.717) is 22.4 Å². The number of aromatic nitrogens is 2. The fourth-order valence-corrected chi connectivity index (χ4v) is 4.83. The van der Waals surface area contributed by atoms with Gasteiger partial charge in [-0.05, 0) is 30.3 Å². The molecule has 0 saturated carbocycles. The van der Waals surface area contributed by atoms with Crippen LogP contribution in [0.5, 0.6) is 0 Å². The number of nitriles is 1. The molecule has 0 amide bonds. The predicted octanol–water partition coefficient (Wildman–Crippen LogP) is 4.87. The minimum atomic E-state index is -0.258. The first-order valence-corrected chi connectivity index (χ1v) is 11.2. The first-order valence-electron chi connectivity index (χ1n) is 10.3. The molecule has 0 bridgehead atoms. The van der Waals surface area contributed by atoms with Crippen LogP contribution in [-0.4, -0.2) is 35.6 Å². The Labute approximate surface area is 195 Å². The third-order valence-electron chi connectivity index (χ3n) is 5.50. The molecule has 3 heterocycles. The van der Waals surface area contributed by atoms with Crippen LogP contribution in [0.3, 0.4) is 0 Å². The maximum Gasteiger partial charge on any atom is 0.197 e. The standard InChI is InChI=1S/C25H19N5O2S/c1-29-19-10-5-6-11-20(19)30(2)25(29)17(14-26)21(31)15-33-24-16-8-3-4-9-18(16)27-23(28-24)22-12-7-13-32-22/h3-13H,15H2,1-2H3. The lowest BCUT2D eigenvalue weighted by molar-refractivity contribution is -0.112. The molecular weight excluding hydrogens is 434 g/mol. The van der Waals surface area contributed by atoms with E-state index in [2.05, 4.69) is 16.0 Å². The van der Waals surface area contributed by atoms with Crippen molar-refractivity contribution in [3.63, 3.8) is 0 Å². The van der Waals surface area contributed by atoms with Gasteiger partial charge >= 0.3 is 0 Å². The molecule has 4 aromatic rings. The largest absolute Gasteiger partial charge is 0.461 e. The summed E-state index contributed by atoms with van der Waals surface area (Å²) in [6.07, 6.45) is 1.57. The summed E-state index contributed by atoms with van der Waals surface area (Å²) in [5, 5.41) is 11.4. The Morgan fingerprint density at radius 1 is 1.00 bits per heavy atom. The maximum absolute atomic E-state index is 13.2.